The van der Waals surface area contributed by atoms with E-state index in [2.05, 4.69) is 5.32 Å². The highest BCUT2D eigenvalue weighted by molar-refractivity contribution is 5.91. The number of amides is 4. The minimum atomic E-state index is -1.11. The van der Waals surface area contributed by atoms with Crippen molar-refractivity contribution >= 4 is 23.8 Å². The number of piperazine rings is 1. The number of halogens is 2. The van der Waals surface area contributed by atoms with Crippen LogP contribution in [0.1, 0.15) is 24.0 Å². The molecule has 2 heterocycles. The Morgan fingerprint density at radius 3 is 2.27 bits per heavy atom. The molecule has 0 bridgehead atoms. The SMILES string of the molecule is CN1CC(=O)N2C(CN(CCOCc3ccc(F)cc3)C(=O)[C@@H]2CCC(=O)O)N1C(=O)NCc1ccc(F)cc1. The van der Waals surface area contributed by atoms with Crippen LogP contribution in [0, 0.1) is 11.6 Å². The number of benzene rings is 2. The third-order valence-electron chi connectivity index (χ3n) is 6.82. The van der Waals surface area contributed by atoms with Gasteiger partial charge in [-0.1, -0.05) is 24.3 Å². The van der Waals surface area contributed by atoms with E-state index in [4.69, 9.17) is 4.74 Å². The van der Waals surface area contributed by atoms with Crippen molar-refractivity contribution in [2.75, 3.05) is 33.3 Å². The number of carboxylic acids is 1. The van der Waals surface area contributed by atoms with Gasteiger partial charge in [0.1, 0.15) is 23.8 Å². The van der Waals surface area contributed by atoms with Crippen molar-refractivity contribution in [3.8, 4) is 0 Å². The molecule has 2 N–H and O–H groups in total. The summed E-state index contributed by atoms with van der Waals surface area (Å²) in [5.41, 5.74) is 1.42. The lowest BCUT2D eigenvalue weighted by Gasteiger charge is -2.54. The van der Waals surface area contributed by atoms with Crippen LogP contribution in [0.3, 0.4) is 0 Å². The number of likely N-dealkylation sites (N-methyl/N-ethyl adjacent to an activating group) is 1. The molecule has 2 aliphatic rings. The van der Waals surface area contributed by atoms with Crippen molar-refractivity contribution in [3.63, 3.8) is 0 Å². The van der Waals surface area contributed by atoms with Crippen LogP contribution in [0.25, 0.3) is 0 Å². The number of aliphatic carboxylic acids is 1. The minimum Gasteiger partial charge on any atom is -0.481 e. The maximum atomic E-state index is 13.4. The van der Waals surface area contributed by atoms with Gasteiger partial charge in [0.25, 0.3) is 0 Å². The second kappa shape index (κ2) is 12.8. The van der Waals surface area contributed by atoms with Crippen LogP contribution in [0.5, 0.6) is 0 Å². The molecular weight excluding hydrogens is 528 g/mol. The van der Waals surface area contributed by atoms with E-state index in [0.717, 1.165) is 5.56 Å². The molecule has 0 aliphatic carbocycles. The molecule has 2 saturated heterocycles. The van der Waals surface area contributed by atoms with Crippen LogP contribution in [0.15, 0.2) is 48.5 Å². The third kappa shape index (κ3) is 6.90. The first kappa shape index (κ1) is 28.9. The number of nitrogens with one attached hydrogen (secondary N) is 1. The summed E-state index contributed by atoms with van der Waals surface area (Å²) in [5, 5.41) is 14.8. The number of fused-ring (bicyclic) bond motifs is 1. The van der Waals surface area contributed by atoms with Gasteiger partial charge in [0, 0.05) is 26.6 Å². The fourth-order valence-corrected chi connectivity index (χ4v) is 4.85. The summed E-state index contributed by atoms with van der Waals surface area (Å²) in [6, 6.07) is 9.87. The number of carbonyl (C=O) groups excluding carboxylic acids is 3. The average molecular weight is 560 g/mol. The Kier molecular flexibility index (Phi) is 9.27. The smallest absolute Gasteiger partial charge is 0.334 e. The van der Waals surface area contributed by atoms with E-state index in [1.807, 2.05) is 0 Å². The Morgan fingerprint density at radius 2 is 1.65 bits per heavy atom. The summed E-state index contributed by atoms with van der Waals surface area (Å²) >= 11 is 0. The van der Waals surface area contributed by atoms with E-state index in [0.29, 0.717) is 5.56 Å². The fraction of sp³-hybridized carbons (Fsp3) is 0.407. The molecule has 1 unspecified atom stereocenters. The van der Waals surface area contributed by atoms with Crippen LogP contribution >= 0.6 is 0 Å². The van der Waals surface area contributed by atoms with Crippen molar-refractivity contribution in [3.05, 3.63) is 71.3 Å². The maximum Gasteiger partial charge on any atom is 0.334 e. The van der Waals surface area contributed by atoms with Gasteiger partial charge in [0.05, 0.1) is 26.3 Å². The molecule has 0 spiro atoms. The van der Waals surface area contributed by atoms with Crippen molar-refractivity contribution in [1.82, 2.24) is 25.1 Å². The Labute approximate surface area is 229 Å². The molecule has 13 heteroatoms. The van der Waals surface area contributed by atoms with Gasteiger partial charge in [0.2, 0.25) is 11.8 Å². The Balaban J connectivity index is 1.48. The van der Waals surface area contributed by atoms with Crippen LogP contribution in [0.4, 0.5) is 13.6 Å². The van der Waals surface area contributed by atoms with E-state index >= 15 is 0 Å². The molecule has 2 atom stereocenters. The van der Waals surface area contributed by atoms with E-state index in [1.165, 1.54) is 44.1 Å². The molecule has 40 heavy (non-hydrogen) atoms. The zero-order chi connectivity index (χ0) is 28.8. The topological polar surface area (TPSA) is 123 Å². The summed E-state index contributed by atoms with van der Waals surface area (Å²) < 4.78 is 32.1. The largest absolute Gasteiger partial charge is 0.481 e. The molecule has 214 valence electrons. The molecule has 2 fully saturated rings. The molecule has 2 aromatic carbocycles. The first-order valence-electron chi connectivity index (χ1n) is 12.8. The van der Waals surface area contributed by atoms with Gasteiger partial charge in [-0.15, -0.1) is 0 Å². The van der Waals surface area contributed by atoms with E-state index < -0.39 is 41.8 Å². The van der Waals surface area contributed by atoms with Gasteiger partial charge in [0.15, 0.2) is 0 Å². The van der Waals surface area contributed by atoms with Crippen molar-refractivity contribution in [2.45, 2.75) is 38.2 Å². The minimum absolute atomic E-state index is 0.0115. The number of hydrazine groups is 1. The number of nitrogens with zero attached hydrogens (tertiary/aromatic N) is 4. The quantitative estimate of drug-likeness (QED) is 0.426. The number of hydrogen-bond donors (Lipinski definition) is 2. The molecule has 0 radical (unpaired) electrons. The summed E-state index contributed by atoms with van der Waals surface area (Å²) in [7, 11) is 1.57. The molecule has 2 aromatic rings. The zero-order valence-corrected chi connectivity index (χ0v) is 22.0. The number of carbonyl (C=O) groups is 4. The van der Waals surface area contributed by atoms with Crippen LogP contribution < -0.4 is 5.32 Å². The van der Waals surface area contributed by atoms with Crippen LogP contribution in [0.2, 0.25) is 0 Å². The number of rotatable bonds is 10. The molecule has 0 aromatic heterocycles. The number of carboxylic acid groups (broad SMARTS) is 1. The zero-order valence-electron chi connectivity index (χ0n) is 22.0. The van der Waals surface area contributed by atoms with Gasteiger partial charge < -0.3 is 25.0 Å². The van der Waals surface area contributed by atoms with Crippen molar-refractivity contribution < 1.29 is 37.8 Å². The van der Waals surface area contributed by atoms with Gasteiger partial charge in [-0.3, -0.25) is 14.4 Å². The van der Waals surface area contributed by atoms with Crippen molar-refractivity contribution in [2.24, 2.45) is 0 Å². The first-order chi connectivity index (χ1) is 19.1. The highest BCUT2D eigenvalue weighted by Crippen LogP contribution is 2.28. The van der Waals surface area contributed by atoms with Gasteiger partial charge in [-0.05, 0) is 41.8 Å². The number of urea groups is 1. The Morgan fingerprint density at radius 1 is 1.02 bits per heavy atom. The number of ether oxygens (including phenoxy) is 1. The lowest BCUT2D eigenvalue weighted by atomic mass is 10.0. The van der Waals surface area contributed by atoms with Gasteiger partial charge in [-0.25, -0.2) is 23.6 Å². The number of hydrogen-bond acceptors (Lipinski definition) is 6. The normalized spacial score (nSPS) is 19.5. The summed E-state index contributed by atoms with van der Waals surface area (Å²) in [4.78, 5) is 53.9. The van der Waals surface area contributed by atoms with Crippen LogP contribution in [-0.4, -0.2) is 94.2 Å². The summed E-state index contributed by atoms with van der Waals surface area (Å²) in [6.45, 7) is 0.366. The molecule has 4 rings (SSSR count). The van der Waals surface area contributed by atoms with Crippen molar-refractivity contribution in [1.29, 1.82) is 0 Å². The third-order valence-corrected chi connectivity index (χ3v) is 6.82. The molecule has 11 nitrogen and oxygen atoms in total. The lowest BCUT2D eigenvalue weighted by molar-refractivity contribution is -0.188. The average Bonchev–Trinajstić information content (AvgIpc) is 2.91. The summed E-state index contributed by atoms with van der Waals surface area (Å²) in [6.07, 6.45) is -1.33. The molecular formula is C27H31F2N5O6. The highest BCUT2D eigenvalue weighted by Gasteiger charge is 2.50. The first-order valence-corrected chi connectivity index (χ1v) is 12.8. The van der Waals surface area contributed by atoms with Gasteiger partial charge in [-0.2, -0.15) is 0 Å². The Hall–Kier alpha value is -4.10. The van der Waals surface area contributed by atoms with Gasteiger partial charge >= 0.3 is 12.0 Å². The predicted octanol–water partition coefficient (Wildman–Crippen LogP) is 1.78. The standard InChI is InChI=1S/C27H31F2N5O6/c1-31-16-24(35)33-22(10-11-25(36)37)26(38)32(12-13-40-17-19-4-8-21(29)9-5-19)15-23(33)34(31)27(39)30-14-18-2-6-20(28)7-3-18/h2-9,22-23H,10-17H2,1H3,(H,30,39)(H,36,37)/t22-,23?/m0/s1. The second-order valence-corrected chi connectivity index (χ2v) is 9.64. The van der Waals surface area contributed by atoms with Crippen LogP contribution in [-0.2, 0) is 32.3 Å². The maximum absolute atomic E-state index is 13.4. The van der Waals surface area contributed by atoms with E-state index in [9.17, 15) is 33.1 Å². The fourth-order valence-electron chi connectivity index (χ4n) is 4.85. The summed E-state index contributed by atoms with van der Waals surface area (Å²) in [5.74, 6) is -2.70. The molecule has 2 aliphatic heterocycles. The van der Waals surface area contributed by atoms with E-state index in [1.54, 1.807) is 31.3 Å². The monoisotopic (exact) mass is 559 g/mol. The molecule has 4 amide bonds. The Bertz CT molecular complexity index is 1230. The highest BCUT2D eigenvalue weighted by atomic mass is 19.1. The van der Waals surface area contributed by atoms with E-state index in [-0.39, 0.29) is 58.1 Å². The lowest BCUT2D eigenvalue weighted by Crippen LogP contribution is -2.76. The second-order valence-electron chi connectivity index (χ2n) is 9.64. The predicted molar refractivity (Wildman–Crippen MR) is 137 cm³/mol. The molecule has 0 saturated carbocycles.